The van der Waals surface area contributed by atoms with Crippen molar-refractivity contribution < 1.29 is 61.7 Å². The summed E-state index contributed by atoms with van der Waals surface area (Å²) >= 11 is 5.85. The number of carbonyl (C=O) groups excluding carboxylic acids is 4. The average molecular weight is 1120 g/mol. The van der Waals surface area contributed by atoms with E-state index in [1.165, 1.54) is 23.1 Å². The van der Waals surface area contributed by atoms with Crippen LogP contribution in [0.2, 0.25) is 0 Å². The fourth-order valence-electron chi connectivity index (χ4n) is 17.4. The van der Waals surface area contributed by atoms with E-state index in [4.69, 9.17) is 20.9 Å². The lowest BCUT2D eigenvalue weighted by atomic mass is 9.44. The molecule has 8 aliphatic carbocycles. The van der Waals surface area contributed by atoms with Gasteiger partial charge in [-0.1, -0.05) is 64.7 Å². The molecule has 5 N–H and O–H groups in total. The van der Waals surface area contributed by atoms with Gasteiger partial charge in [0.05, 0.1) is 35.2 Å². The maximum Gasteiger partial charge on any atom is 0.306 e. The molecule has 19 heteroatoms. The Kier molecular flexibility index (Phi) is 16.5. The Morgan fingerprint density at radius 1 is 0.948 bits per heavy atom. The summed E-state index contributed by atoms with van der Waals surface area (Å²) in [7, 11) is 1.00. The van der Waals surface area contributed by atoms with Crippen molar-refractivity contribution in [2.75, 3.05) is 38.9 Å². The van der Waals surface area contributed by atoms with Crippen molar-refractivity contribution >= 4 is 56.9 Å². The number of aliphatic hydroxyl groups excluding tert-OH is 2. The summed E-state index contributed by atoms with van der Waals surface area (Å²) in [4.78, 5) is 56.5. The number of carbonyl (C=O) groups is 4. The quantitative estimate of drug-likeness (QED) is 0.0515. The van der Waals surface area contributed by atoms with Crippen LogP contribution in [0.1, 0.15) is 143 Å². The first kappa shape index (κ1) is 59.5. The number of aryl methyl sites for hydroxylation is 1. The van der Waals surface area contributed by atoms with Crippen LogP contribution in [0.3, 0.4) is 0 Å². The number of allylic oxidation sites excluding steroid dienone is 5. The zero-order chi connectivity index (χ0) is 56.6. The summed E-state index contributed by atoms with van der Waals surface area (Å²) in [5.74, 6) is -2.92. The lowest BCUT2D eigenvalue weighted by Crippen LogP contribution is -2.69. The van der Waals surface area contributed by atoms with Gasteiger partial charge in [0.1, 0.15) is 11.2 Å². The van der Waals surface area contributed by atoms with Gasteiger partial charge in [-0.15, -0.1) is 11.6 Å². The summed E-state index contributed by atoms with van der Waals surface area (Å²) in [5.41, 5.74) is -2.77. The minimum Gasteiger partial charge on any atom is -0.458 e. The van der Waals surface area contributed by atoms with Crippen molar-refractivity contribution in [3.63, 3.8) is 0 Å². The fraction of sp³-hybridized carbons (Fsp3) is 0.759. The normalized spacial score (nSPS) is 40.9. The molecule has 77 heavy (non-hydrogen) atoms. The number of aliphatic hydroxyl groups is 4. The molecule has 0 unspecified atom stereocenters. The molecule has 1 heterocycles. The van der Waals surface area contributed by atoms with Crippen LogP contribution >= 0.6 is 11.6 Å². The summed E-state index contributed by atoms with van der Waals surface area (Å²) in [6.45, 7) is 11.4. The van der Waals surface area contributed by atoms with E-state index in [1.54, 1.807) is 7.05 Å². The molecule has 16 atom stereocenters. The number of hydrogen-bond donors (Lipinski definition) is 5. The molecule has 0 bridgehead atoms. The van der Waals surface area contributed by atoms with Gasteiger partial charge in [-0.2, -0.15) is 13.5 Å². The lowest BCUT2D eigenvalue weighted by molar-refractivity contribution is -0.218. The first-order chi connectivity index (χ1) is 35.9. The molecule has 16 nitrogen and oxygen atoms in total. The smallest absolute Gasteiger partial charge is 0.306 e. The number of nitrogens with zero attached hydrogens (tertiary/aromatic N) is 4. The number of fused-ring (bicyclic) bond motifs is 11. The highest BCUT2D eigenvalue weighted by Gasteiger charge is 2.76. The Hall–Kier alpha value is -3.65. The minimum atomic E-state index is -4.13. The highest BCUT2D eigenvalue weighted by atomic mass is 35.5. The number of amides is 1. The summed E-state index contributed by atoms with van der Waals surface area (Å²) in [5, 5.41) is 51.3. The van der Waals surface area contributed by atoms with E-state index in [2.05, 4.69) is 36.2 Å². The molecule has 1 aromatic heterocycles. The molecule has 6 fully saturated rings. The number of aliphatic imine (C=N–C) groups is 1. The van der Waals surface area contributed by atoms with Crippen molar-refractivity contribution in [2.45, 2.75) is 167 Å². The van der Waals surface area contributed by atoms with E-state index >= 15 is 4.39 Å². The summed E-state index contributed by atoms with van der Waals surface area (Å²) in [6.07, 6.45) is 15.6. The maximum atomic E-state index is 17.1. The second kappa shape index (κ2) is 21.3. The largest absolute Gasteiger partial charge is 0.458 e. The Morgan fingerprint density at radius 3 is 2.30 bits per heavy atom. The van der Waals surface area contributed by atoms with Crippen LogP contribution in [0.15, 0.2) is 40.6 Å². The van der Waals surface area contributed by atoms with Crippen LogP contribution in [0.4, 0.5) is 4.39 Å². The van der Waals surface area contributed by atoms with Crippen LogP contribution in [-0.4, -0.2) is 145 Å². The van der Waals surface area contributed by atoms with E-state index < -0.39 is 91.3 Å². The Labute approximate surface area is 459 Å². The zero-order valence-electron chi connectivity index (χ0n) is 46.6. The van der Waals surface area contributed by atoms with E-state index in [0.29, 0.717) is 57.8 Å². The molecular weight excluding hydrogens is 1030 g/mol. The van der Waals surface area contributed by atoms with Crippen LogP contribution in [0.25, 0.3) is 6.08 Å². The fourth-order valence-corrected chi connectivity index (χ4v) is 18.1. The molecule has 8 aliphatic rings. The second-order valence-corrected chi connectivity index (χ2v) is 27.3. The summed E-state index contributed by atoms with van der Waals surface area (Å²) in [6, 6.07) is 0. The van der Waals surface area contributed by atoms with Gasteiger partial charge in [-0.25, -0.2) is 4.39 Å². The lowest BCUT2D eigenvalue weighted by Gasteiger charge is -2.62. The van der Waals surface area contributed by atoms with Crippen molar-refractivity contribution in [2.24, 2.45) is 75.1 Å². The molecule has 0 spiro atoms. The second-order valence-electron chi connectivity index (χ2n) is 25.5. The van der Waals surface area contributed by atoms with Gasteiger partial charge in [0, 0.05) is 68.9 Å². The van der Waals surface area contributed by atoms with Crippen molar-refractivity contribution in [3.8, 4) is 0 Å². The number of ether oxygens (including phenoxy) is 1. The molecule has 1 aromatic rings. The van der Waals surface area contributed by atoms with E-state index in [1.807, 2.05) is 57.7 Å². The molecular formula is C58H84ClFN4O12S. The first-order valence-corrected chi connectivity index (χ1v) is 30.1. The number of unbranched alkanes of at least 4 members (excludes halogenated alkanes) is 3. The van der Waals surface area contributed by atoms with Gasteiger partial charge < -0.3 is 30.1 Å². The molecule has 9 rings (SSSR count). The van der Waals surface area contributed by atoms with Gasteiger partial charge in [0.25, 0.3) is 10.1 Å². The Morgan fingerprint density at radius 2 is 1.64 bits per heavy atom. The molecule has 428 valence electrons. The first-order valence-electron chi connectivity index (χ1n) is 28.0. The van der Waals surface area contributed by atoms with Gasteiger partial charge in [0.15, 0.2) is 18.1 Å². The van der Waals surface area contributed by atoms with Crippen molar-refractivity contribution in [1.29, 1.82) is 0 Å². The summed E-state index contributed by atoms with van der Waals surface area (Å²) < 4.78 is 54.8. The number of esters is 1. The Balaban J connectivity index is 0.000000230. The van der Waals surface area contributed by atoms with Crippen molar-refractivity contribution in [3.05, 3.63) is 46.8 Å². The van der Waals surface area contributed by atoms with Gasteiger partial charge in [0.2, 0.25) is 11.7 Å². The predicted molar refractivity (Wildman–Crippen MR) is 290 cm³/mol. The van der Waals surface area contributed by atoms with Gasteiger partial charge in [-0.3, -0.25) is 33.4 Å². The molecule has 0 radical (unpaired) electrons. The topological polar surface area (TPSA) is 246 Å². The molecule has 0 saturated heterocycles. The van der Waals surface area contributed by atoms with Gasteiger partial charge in [-0.05, 0) is 142 Å². The van der Waals surface area contributed by atoms with Crippen LogP contribution in [0.5, 0.6) is 0 Å². The maximum absolute atomic E-state index is 17.1. The number of aromatic nitrogens is 2. The molecule has 0 aliphatic heterocycles. The van der Waals surface area contributed by atoms with E-state index in [-0.39, 0.29) is 84.9 Å². The van der Waals surface area contributed by atoms with Crippen molar-refractivity contribution in [1.82, 2.24) is 14.7 Å². The molecule has 0 aromatic carbocycles. The monoisotopic (exact) mass is 1110 g/mol. The number of rotatable bonds is 15. The highest BCUT2D eigenvalue weighted by molar-refractivity contribution is 7.85. The van der Waals surface area contributed by atoms with Crippen LogP contribution in [0, 0.1) is 63.1 Å². The number of alkyl halides is 2. The third-order valence-corrected chi connectivity index (χ3v) is 22.4. The Bertz CT molecular complexity index is 2750. The molecule has 6 saturated carbocycles. The van der Waals surface area contributed by atoms with E-state index in [0.717, 1.165) is 29.8 Å². The zero-order valence-corrected chi connectivity index (χ0v) is 48.1. The van der Waals surface area contributed by atoms with E-state index in [9.17, 15) is 48.0 Å². The number of hydrogen-bond acceptors (Lipinski definition) is 13. The predicted octanol–water partition coefficient (Wildman–Crippen LogP) is 6.99. The SMILES string of the molecule is CN=C1C=C[C@@]2(C)C(=C1)CC[C@H]1[C@@H]3C[C@H](C)[C@](O)(C(=O)CCl)[C@@]3(C)C[C@H](O)[C@@]12F.C[C@H]1C[C@@H]2[C@H]([C@@H](O)C[C@@]3(C)[C@H]2CC[C@]3(O)C(=O)COC(=O)CCCCCCC(=O)N(C)CCS(=O)(=O)O)[C@@]2(C)Cc3cn(C)nc3C=C12. The number of Topliss-reactive ketones (excluding diaryl/α,β-unsaturated/α-hetero) is 2. The van der Waals surface area contributed by atoms with Gasteiger partial charge >= 0.3 is 5.97 Å². The third-order valence-electron chi connectivity index (χ3n) is 21.4. The standard InChI is InChI=1S/C35H53N3O9S.C23H31ClFNO3/c1-22-16-24-25-12-13-35(43,29(40)21-47-31(42)11-9-7-6-8-10-30(41)37(4)14-15-48(44,45)46)34(25,3)19-28(39)32(24)33(2)18-23-20-38(5)36-27(23)17-26(22)33;1-13-9-17-16-6-5-14-10-15(26-4)7-8-20(14,2)22(16,25)18(27)11-21(17,3)23(13,29)19(28)12-24/h17,20,22,24-25,28,32,39,43H,6-16,18-19,21H2,1-5H3,(H,44,45,46);7-8,10,13,16-18,27,29H,5-6,9,11-12H2,1-4H3/t22-,24-,25-,28-,32+,33-,34-,35-;13-,16-,17-,18-,20-,21-,22-,23-/m00/s1. The molecule has 1 amide bonds. The minimum absolute atomic E-state index is 0.00534. The van der Waals surface area contributed by atoms with Crippen LogP contribution in [-0.2, 0) is 47.5 Å². The number of ketones is 2. The highest BCUT2D eigenvalue weighted by Crippen LogP contribution is 2.72. The number of halogens is 2. The van der Waals surface area contributed by atoms with Crippen LogP contribution < -0.4 is 0 Å². The average Bonchev–Trinajstić information content (AvgIpc) is 4.20. The third kappa shape index (κ3) is 9.78.